The molecule has 0 spiro atoms. The van der Waals surface area contributed by atoms with E-state index in [1.807, 2.05) is 0 Å². The Bertz CT molecular complexity index is 248. The fourth-order valence-corrected chi connectivity index (χ4v) is 5.22. The minimum atomic E-state index is -1.33. The van der Waals surface area contributed by atoms with E-state index in [4.69, 9.17) is 11.6 Å². The molecule has 0 aliphatic carbocycles. The van der Waals surface area contributed by atoms with Crippen LogP contribution in [-0.4, -0.2) is 13.6 Å². The van der Waals surface area contributed by atoms with Crippen molar-refractivity contribution in [1.82, 2.24) is 0 Å². The van der Waals surface area contributed by atoms with Crippen LogP contribution in [0.1, 0.15) is 13.3 Å². The molecule has 1 aromatic carbocycles. The van der Waals surface area contributed by atoms with Gasteiger partial charge in [0.2, 0.25) is 0 Å². The third-order valence-corrected chi connectivity index (χ3v) is 8.26. The van der Waals surface area contributed by atoms with Gasteiger partial charge in [-0.2, -0.15) is 0 Å². The lowest BCUT2D eigenvalue weighted by atomic mass is 10.4. The second-order valence-corrected chi connectivity index (χ2v) is 9.08. The summed E-state index contributed by atoms with van der Waals surface area (Å²) < 4.78 is 0. The molecule has 0 heterocycles. The lowest BCUT2D eigenvalue weighted by molar-refractivity contribution is 1.05. The number of benzene rings is 1. The van der Waals surface area contributed by atoms with Gasteiger partial charge >= 0.3 is 0 Å². The summed E-state index contributed by atoms with van der Waals surface area (Å²) in [5, 5.41) is 1.49. The van der Waals surface area contributed by atoms with Gasteiger partial charge in [0.25, 0.3) is 0 Å². The predicted octanol–water partition coefficient (Wildman–Crippen LogP) is 3.16. The largest absolute Gasteiger partial charge is 0.130 e. The van der Waals surface area contributed by atoms with E-state index in [1.165, 1.54) is 17.7 Å². The molecular formula is C11H17ClSi. The smallest absolute Gasteiger partial charge is 0.0988 e. The van der Waals surface area contributed by atoms with Gasteiger partial charge in [0.15, 0.2) is 0 Å². The summed E-state index contributed by atoms with van der Waals surface area (Å²) in [5.74, 6) is 0. The number of halogens is 1. The van der Waals surface area contributed by atoms with Crippen LogP contribution < -0.4 is 5.19 Å². The lowest BCUT2D eigenvalue weighted by Gasteiger charge is -2.24. The van der Waals surface area contributed by atoms with Crippen molar-refractivity contribution in [3.63, 3.8) is 0 Å². The third-order valence-electron chi connectivity index (χ3n) is 2.57. The number of rotatable bonds is 4. The molecule has 0 radical (unpaired) electrons. The monoisotopic (exact) mass is 212 g/mol. The number of hydrogen-bond acceptors (Lipinski definition) is 0. The second kappa shape index (κ2) is 4.82. The Kier molecular flexibility index (Phi) is 4.01. The molecule has 0 bridgehead atoms. The molecule has 1 rings (SSSR count). The Morgan fingerprint density at radius 2 is 1.85 bits per heavy atom. The maximum atomic E-state index is 6.08. The van der Waals surface area contributed by atoms with E-state index in [0.717, 1.165) is 5.50 Å². The maximum Gasteiger partial charge on any atom is 0.0988 e. The minimum Gasteiger partial charge on any atom is -0.130 e. The Morgan fingerprint density at radius 1 is 1.23 bits per heavy atom. The van der Waals surface area contributed by atoms with Crippen molar-refractivity contribution in [1.29, 1.82) is 0 Å². The molecule has 2 heteroatoms. The third kappa shape index (κ3) is 2.58. The topological polar surface area (TPSA) is 0 Å². The van der Waals surface area contributed by atoms with Gasteiger partial charge in [-0.05, 0) is 0 Å². The summed E-state index contributed by atoms with van der Waals surface area (Å²) >= 11 is 6.08. The van der Waals surface area contributed by atoms with Gasteiger partial charge < -0.3 is 0 Å². The molecule has 0 N–H and O–H groups in total. The fourth-order valence-electron chi connectivity index (χ4n) is 1.68. The van der Waals surface area contributed by atoms with Crippen molar-refractivity contribution in [3.8, 4) is 0 Å². The van der Waals surface area contributed by atoms with Crippen LogP contribution in [0.15, 0.2) is 30.3 Å². The molecular weight excluding hydrogens is 196 g/mol. The summed E-state index contributed by atoms with van der Waals surface area (Å²) in [7, 11) is -1.33. The zero-order chi connectivity index (χ0) is 9.73. The first-order valence-corrected chi connectivity index (χ1v) is 8.29. The van der Waals surface area contributed by atoms with Gasteiger partial charge in [-0.25, -0.2) is 0 Å². The van der Waals surface area contributed by atoms with Gasteiger partial charge in [0, 0.05) is 5.50 Å². The van der Waals surface area contributed by atoms with Crippen LogP contribution in [0.25, 0.3) is 0 Å². The molecule has 0 fully saturated rings. The summed E-state index contributed by atoms with van der Waals surface area (Å²) in [5.41, 5.74) is 0.838. The van der Waals surface area contributed by atoms with Crippen LogP contribution in [0.2, 0.25) is 12.6 Å². The average molecular weight is 213 g/mol. The maximum absolute atomic E-state index is 6.08. The van der Waals surface area contributed by atoms with Gasteiger partial charge in [-0.15, -0.1) is 11.6 Å². The Hall–Kier alpha value is -0.273. The van der Waals surface area contributed by atoms with Crippen molar-refractivity contribution >= 4 is 24.9 Å². The van der Waals surface area contributed by atoms with Crippen molar-refractivity contribution < 1.29 is 0 Å². The second-order valence-electron chi connectivity index (χ2n) is 3.81. The van der Waals surface area contributed by atoms with Crippen LogP contribution in [0.5, 0.6) is 0 Å². The van der Waals surface area contributed by atoms with Crippen molar-refractivity contribution in [2.45, 2.75) is 25.9 Å². The first kappa shape index (κ1) is 10.8. The predicted molar refractivity (Wildman–Crippen MR) is 63.5 cm³/mol. The van der Waals surface area contributed by atoms with E-state index < -0.39 is 8.07 Å². The average Bonchev–Trinajstić information content (AvgIpc) is 2.19. The standard InChI is InChI=1S/C11H17ClSi/c1-3-9-13(2,10-12)11-7-5-4-6-8-11/h4-8H,3,9-10H2,1-2H3. The molecule has 1 aromatic rings. The number of hydrogen-bond donors (Lipinski definition) is 0. The Balaban J connectivity index is 2.89. The normalized spacial score (nSPS) is 15.3. The molecule has 0 nitrogen and oxygen atoms in total. The van der Waals surface area contributed by atoms with E-state index in [1.54, 1.807) is 0 Å². The first-order valence-electron chi connectivity index (χ1n) is 4.84. The SMILES string of the molecule is CCC[Si](C)(CCl)c1ccccc1. The molecule has 1 unspecified atom stereocenters. The van der Waals surface area contributed by atoms with E-state index in [2.05, 4.69) is 43.8 Å². The summed E-state index contributed by atoms with van der Waals surface area (Å²) in [6.45, 7) is 4.61. The quantitative estimate of drug-likeness (QED) is 0.532. The molecule has 0 saturated heterocycles. The molecule has 0 aromatic heterocycles. The highest BCUT2D eigenvalue weighted by atomic mass is 35.5. The highest BCUT2D eigenvalue weighted by molar-refractivity contribution is 6.95. The van der Waals surface area contributed by atoms with Crippen molar-refractivity contribution in [2.24, 2.45) is 0 Å². The van der Waals surface area contributed by atoms with Crippen LogP contribution in [-0.2, 0) is 0 Å². The molecule has 1 atom stereocenters. The minimum absolute atomic E-state index is 0.838. The summed E-state index contributed by atoms with van der Waals surface area (Å²) in [4.78, 5) is 0. The van der Waals surface area contributed by atoms with Gasteiger partial charge in [-0.1, -0.05) is 61.5 Å². The lowest BCUT2D eigenvalue weighted by Crippen LogP contribution is -2.46. The van der Waals surface area contributed by atoms with E-state index in [9.17, 15) is 0 Å². The van der Waals surface area contributed by atoms with Gasteiger partial charge in [0.05, 0.1) is 8.07 Å². The van der Waals surface area contributed by atoms with Crippen LogP contribution in [0, 0.1) is 0 Å². The summed E-state index contributed by atoms with van der Waals surface area (Å²) in [6, 6.07) is 12.0. The Morgan fingerprint density at radius 3 is 2.31 bits per heavy atom. The van der Waals surface area contributed by atoms with Crippen molar-refractivity contribution in [2.75, 3.05) is 5.50 Å². The van der Waals surface area contributed by atoms with Gasteiger partial charge in [0.1, 0.15) is 0 Å². The highest BCUT2D eigenvalue weighted by Gasteiger charge is 2.26. The number of alkyl halides is 1. The highest BCUT2D eigenvalue weighted by Crippen LogP contribution is 2.14. The molecule has 0 aliphatic heterocycles. The Labute approximate surface area is 86.9 Å². The molecule has 0 amide bonds. The van der Waals surface area contributed by atoms with E-state index in [-0.39, 0.29) is 0 Å². The van der Waals surface area contributed by atoms with Crippen LogP contribution in [0.4, 0.5) is 0 Å². The summed E-state index contributed by atoms with van der Waals surface area (Å²) in [6.07, 6.45) is 1.24. The molecule has 13 heavy (non-hydrogen) atoms. The van der Waals surface area contributed by atoms with Crippen LogP contribution >= 0.6 is 11.6 Å². The zero-order valence-electron chi connectivity index (χ0n) is 8.39. The van der Waals surface area contributed by atoms with E-state index >= 15 is 0 Å². The molecule has 72 valence electrons. The van der Waals surface area contributed by atoms with Crippen molar-refractivity contribution in [3.05, 3.63) is 30.3 Å². The van der Waals surface area contributed by atoms with Gasteiger partial charge in [-0.3, -0.25) is 0 Å². The fraction of sp³-hybridized carbons (Fsp3) is 0.455. The zero-order valence-corrected chi connectivity index (χ0v) is 10.1. The van der Waals surface area contributed by atoms with Crippen LogP contribution in [0.3, 0.4) is 0 Å². The molecule has 0 saturated carbocycles. The van der Waals surface area contributed by atoms with E-state index in [0.29, 0.717) is 0 Å². The molecule has 0 aliphatic rings. The first-order chi connectivity index (χ1) is 6.23.